The number of esters is 1. The van der Waals surface area contributed by atoms with Gasteiger partial charge in [-0.3, -0.25) is 19.3 Å². The lowest BCUT2D eigenvalue weighted by molar-refractivity contribution is -0.110. The lowest BCUT2D eigenvalue weighted by Crippen LogP contribution is -2.45. The molecule has 3 N–H and O–H groups in total. The Labute approximate surface area is 249 Å². The quantitative estimate of drug-likeness (QED) is 0.150. The van der Waals surface area contributed by atoms with Gasteiger partial charge in [-0.25, -0.2) is 14.7 Å². The highest BCUT2D eigenvalue weighted by atomic mass is 19.1. The maximum absolute atomic E-state index is 15.2. The average molecular weight is 588 g/mol. The van der Waals surface area contributed by atoms with E-state index in [1.807, 2.05) is 30.3 Å². The number of amides is 2. The molecule has 2 heterocycles. The number of halogens is 1. The fraction of sp³-hybridized carbons (Fsp3) is 0.281. The smallest absolute Gasteiger partial charge is 0.338 e. The number of nitrogens with zero attached hydrogens (tertiary/aromatic N) is 2. The predicted molar refractivity (Wildman–Crippen MR) is 162 cm³/mol. The molecule has 3 aromatic carbocycles. The molecule has 5 rings (SSSR count). The van der Waals surface area contributed by atoms with Crippen molar-refractivity contribution in [3.63, 3.8) is 0 Å². The highest BCUT2D eigenvalue weighted by Crippen LogP contribution is 2.39. The number of likely N-dealkylation sites (N-methyl/N-ethyl adjacent to an activating group) is 1. The molecule has 0 saturated carbocycles. The van der Waals surface area contributed by atoms with Crippen molar-refractivity contribution >= 4 is 40.4 Å². The number of ether oxygens (including phenoxy) is 1. The van der Waals surface area contributed by atoms with Crippen LogP contribution in [-0.4, -0.2) is 81.1 Å². The van der Waals surface area contributed by atoms with Crippen LogP contribution in [0.5, 0.6) is 0 Å². The van der Waals surface area contributed by atoms with Gasteiger partial charge < -0.3 is 20.3 Å². The number of anilines is 2. The maximum Gasteiger partial charge on any atom is 0.338 e. The number of methoxy groups -OCH3 is 1. The zero-order chi connectivity index (χ0) is 30.5. The van der Waals surface area contributed by atoms with Crippen LogP contribution >= 0.6 is 0 Å². The van der Waals surface area contributed by atoms with Gasteiger partial charge in [0.1, 0.15) is 5.82 Å². The minimum Gasteiger partial charge on any atom is -0.465 e. The summed E-state index contributed by atoms with van der Waals surface area (Å²) in [6.07, 6.45) is 0. The number of hydrogen-bond donors (Lipinski definition) is 3. The van der Waals surface area contributed by atoms with Crippen molar-refractivity contribution < 1.29 is 28.3 Å². The summed E-state index contributed by atoms with van der Waals surface area (Å²) >= 11 is 0. The molecular formula is C32H34FN5O5. The van der Waals surface area contributed by atoms with E-state index in [2.05, 4.69) is 33.0 Å². The second-order valence-corrected chi connectivity index (χ2v) is 10.5. The third kappa shape index (κ3) is 6.75. The van der Waals surface area contributed by atoms with Gasteiger partial charge in [0.15, 0.2) is 0 Å². The van der Waals surface area contributed by atoms with Crippen molar-refractivity contribution in [2.75, 3.05) is 64.1 Å². The van der Waals surface area contributed by atoms with E-state index >= 15 is 4.39 Å². The molecule has 1 fully saturated rings. The Kier molecular flexibility index (Phi) is 9.15. The molecule has 0 aliphatic carbocycles. The summed E-state index contributed by atoms with van der Waals surface area (Å²) in [7, 11) is 3.38. The van der Waals surface area contributed by atoms with Gasteiger partial charge in [-0.1, -0.05) is 30.3 Å². The first kappa shape index (κ1) is 29.9. The molecule has 224 valence electrons. The molecule has 1 saturated heterocycles. The van der Waals surface area contributed by atoms with Crippen LogP contribution in [0.3, 0.4) is 0 Å². The lowest BCUT2D eigenvalue weighted by Gasteiger charge is -2.32. The molecule has 3 aromatic rings. The Hall–Kier alpha value is -4.58. The molecule has 10 nitrogen and oxygen atoms in total. The highest BCUT2D eigenvalue weighted by molar-refractivity contribution is 6.37. The monoisotopic (exact) mass is 587 g/mol. The van der Waals surface area contributed by atoms with E-state index in [-0.39, 0.29) is 18.1 Å². The summed E-state index contributed by atoms with van der Waals surface area (Å²) < 4.78 is 20.0. The van der Waals surface area contributed by atoms with Crippen molar-refractivity contribution in [1.29, 1.82) is 0 Å². The van der Waals surface area contributed by atoms with Gasteiger partial charge in [-0.15, -0.1) is 0 Å². The summed E-state index contributed by atoms with van der Waals surface area (Å²) in [6, 6.07) is 16.6. The summed E-state index contributed by atoms with van der Waals surface area (Å²) in [5.41, 5.74) is 5.98. The molecule has 0 bridgehead atoms. The standard InChI is InChI=1S/C32H34FN5O5/c1-20-17-25-27(19-24(20)32(41)42-3)35-31(40)28(25)29(21-7-5-4-6-8-21)34-22-9-10-23(26(33)18-22)30(39)36-43-16-15-38-13-11-37(2)12-14-38/h4-10,17-19,34H,11-16H2,1-3H3,(H,35,40)(H,36,39)/b29-28-. The molecule has 0 spiro atoms. The largest absolute Gasteiger partial charge is 0.465 e. The Balaban J connectivity index is 1.36. The summed E-state index contributed by atoms with van der Waals surface area (Å²) in [6.45, 7) is 6.53. The number of carbonyl (C=O) groups is 3. The average Bonchev–Trinajstić information content (AvgIpc) is 3.32. The third-order valence-corrected chi connectivity index (χ3v) is 7.58. The molecule has 43 heavy (non-hydrogen) atoms. The van der Waals surface area contributed by atoms with E-state index in [9.17, 15) is 14.4 Å². The van der Waals surface area contributed by atoms with Crippen LogP contribution in [0, 0.1) is 12.7 Å². The second-order valence-electron chi connectivity index (χ2n) is 10.5. The minimum atomic E-state index is -0.752. The van der Waals surface area contributed by atoms with E-state index in [4.69, 9.17) is 9.57 Å². The summed E-state index contributed by atoms with van der Waals surface area (Å²) in [5.74, 6) is -2.33. The van der Waals surface area contributed by atoms with E-state index in [1.165, 1.54) is 19.2 Å². The first-order valence-electron chi connectivity index (χ1n) is 14.0. The van der Waals surface area contributed by atoms with Crippen molar-refractivity contribution in [1.82, 2.24) is 15.3 Å². The van der Waals surface area contributed by atoms with Crippen LogP contribution in [0.2, 0.25) is 0 Å². The van der Waals surface area contributed by atoms with Crippen LogP contribution in [0.15, 0.2) is 60.7 Å². The third-order valence-electron chi connectivity index (χ3n) is 7.58. The van der Waals surface area contributed by atoms with Gasteiger partial charge in [-0.2, -0.15) is 0 Å². The molecule has 2 aliphatic heterocycles. The van der Waals surface area contributed by atoms with Crippen LogP contribution in [-0.2, 0) is 14.4 Å². The van der Waals surface area contributed by atoms with E-state index < -0.39 is 17.7 Å². The number of hydrogen-bond acceptors (Lipinski definition) is 8. The fourth-order valence-corrected chi connectivity index (χ4v) is 5.13. The Morgan fingerprint density at radius 1 is 1.00 bits per heavy atom. The number of carbonyl (C=O) groups excluding carboxylic acids is 3. The Bertz CT molecular complexity index is 1570. The van der Waals surface area contributed by atoms with E-state index in [0.717, 1.165) is 26.2 Å². The minimum absolute atomic E-state index is 0.172. The van der Waals surface area contributed by atoms with Crippen LogP contribution < -0.4 is 16.1 Å². The molecule has 0 atom stereocenters. The zero-order valence-electron chi connectivity index (χ0n) is 24.3. The van der Waals surface area contributed by atoms with Crippen molar-refractivity contribution in [3.05, 3.63) is 94.3 Å². The fourth-order valence-electron chi connectivity index (χ4n) is 5.13. The first-order valence-corrected chi connectivity index (χ1v) is 14.0. The van der Waals surface area contributed by atoms with Crippen LogP contribution in [0.1, 0.15) is 37.4 Å². The van der Waals surface area contributed by atoms with Gasteiger partial charge in [0.05, 0.1) is 41.8 Å². The molecule has 11 heteroatoms. The van der Waals surface area contributed by atoms with Gasteiger partial charge in [0.2, 0.25) is 0 Å². The SMILES string of the molecule is COC(=O)c1cc2c(cc1C)/C(=C(/Nc1ccc(C(=O)NOCCN3CCN(C)CC3)c(F)c1)c1ccccc1)C(=O)N2. The highest BCUT2D eigenvalue weighted by Gasteiger charge is 2.30. The maximum atomic E-state index is 15.2. The molecule has 2 amide bonds. The number of hydroxylamine groups is 1. The van der Waals surface area contributed by atoms with Crippen LogP contribution in [0.25, 0.3) is 11.3 Å². The molecule has 0 unspecified atom stereocenters. The van der Waals surface area contributed by atoms with E-state index in [0.29, 0.717) is 51.4 Å². The topological polar surface area (TPSA) is 112 Å². The molecular weight excluding hydrogens is 553 g/mol. The molecule has 0 aromatic heterocycles. The number of rotatable bonds is 9. The number of benzene rings is 3. The van der Waals surface area contributed by atoms with Gasteiger partial charge >= 0.3 is 5.97 Å². The normalized spacial score (nSPS) is 16.3. The van der Waals surface area contributed by atoms with Crippen molar-refractivity contribution in [2.45, 2.75) is 6.92 Å². The van der Waals surface area contributed by atoms with E-state index in [1.54, 1.807) is 25.1 Å². The number of fused-ring (bicyclic) bond motifs is 1. The first-order chi connectivity index (χ1) is 20.7. The number of aryl methyl sites for hydroxylation is 1. The lowest BCUT2D eigenvalue weighted by atomic mass is 9.96. The molecule has 2 aliphatic rings. The Morgan fingerprint density at radius 3 is 2.44 bits per heavy atom. The van der Waals surface area contributed by atoms with Crippen molar-refractivity contribution in [2.24, 2.45) is 0 Å². The number of piperazine rings is 1. The van der Waals surface area contributed by atoms with Crippen LogP contribution in [0.4, 0.5) is 15.8 Å². The van der Waals surface area contributed by atoms with Crippen molar-refractivity contribution in [3.8, 4) is 0 Å². The molecule has 0 radical (unpaired) electrons. The summed E-state index contributed by atoms with van der Waals surface area (Å²) in [5, 5.41) is 6.01. The Morgan fingerprint density at radius 2 is 1.74 bits per heavy atom. The van der Waals surface area contributed by atoms with Gasteiger partial charge in [0, 0.05) is 44.0 Å². The van der Waals surface area contributed by atoms with Gasteiger partial charge in [-0.05, 0) is 55.4 Å². The predicted octanol–water partition coefficient (Wildman–Crippen LogP) is 3.76. The zero-order valence-corrected chi connectivity index (χ0v) is 24.3. The second kappa shape index (κ2) is 13.2. The van der Waals surface area contributed by atoms with Gasteiger partial charge in [0.25, 0.3) is 11.8 Å². The summed E-state index contributed by atoms with van der Waals surface area (Å²) in [4.78, 5) is 47.9. The number of nitrogens with one attached hydrogen (secondary N) is 3.